The van der Waals surface area contributed by atoms with Crippen molar-refractivity contribution in [3.63, 3.8) is 0 Å². The summed E-state index contributed by atoms with van der Waals surface area (Å²) in [5, 5.41) is 4.90. The van der Waals surface area contributed by atoms with E-state index in [1.54, 1.807) is 0 Å². The molecule has 10 heteroatoms. The van der Waals surface area contributed by atoms with Crippen LogP contribution < -0.4 is 5.32 Å². The summed E-state index contributed by atoms with van der Waals surface area (Å²) in [5.41, 5.74) is 3.96. The molecule has 1 atom stereocenters. The molecule has 1 amide bonds. The Labute approximate surface area is 225 Å². The highest BCUT2D eigenvalue weighted by molar-refractivity contribution is 7.89. The van der Waals surface area contributed by atoms with Crippen molar-refractivity contribution in [2.75, 3.05) is 11.9 Å². The minimum absolute atomic E-state index is 0.0946. The molecule has 194 valence electrons. The third kappa shape index (κ3) is 5.52. The molecule has 4 aromatic rings. The van der Waals surface area contributed by atoms with Gasteiger partial charge in [-0.3, -0.25) is 10.1 Å². The number of carbonyl (C=O) groups excluding carboxylic acids is 2. The average Bonchev–Trinajstić information content (AvgIpc) is 3.41. The van der Waals surface area contributed by atoms with Crippen molar-refractivity contribution in [3.8, 4) is 11.3 Å². The number of carbonyl (C=O) groups is 2. The SMILES string of the molecule is CC(OC(=O)c1ccc(S(=O)(=O)N2CCc3ccccc3C2)cc1)C(=O)Nc1nc(-c2ccccc2)cs1. The number of benzene rings is 3. The van der Waals surface area contributed by atoms with Crippen molar-refractivity contribution in [2.45, 2.75) is 30.9 Å². The molecule has 1 aromatic heterocycles. The molecular weight excluding hydrogens is 522 g/mol. The normalized spacial score (nSPS) is 14.3. The van der Waals surface area contributed by atoms with Crippen LogP contribution >= 0.6 is 11.3 Å². The second-order valence-electron chi connectivity index (χ2n) is 8.82. The van der Waals surface area contributed by atoms with Crippen molar-refractivity contribution >= 4 is 38.4 Å². The van der Waals surface area contributed by atoms with Gasteiger partial charge in [0.05, 0.1) is 16.2 Å². The standard InChI is InChI=1S/C28H25N3O5S2/c1-19(26(32)30-28-29-25(18-37-28)21-8-3-2-4-9-21)36-27(33)22-11-13-24(14-12-22)38(34,35)31-16-15-20-7-5-6-10-23(20)17-31/h2-14,18-19H,15-17H2,1H3,(H,29,30,32). The first-order valence-corrected chi connectivity index (χ1v) is 14.3. The van der Waals surface area contributed by atoms with Gasteiger partial charge in [0.15, 0.2) is 11.2 Å². The highest BCUT2D eigenvalue weighted by Gasteiger charge is 2.28. The molecule has 2 heterocycles. The van der Waals surface area contributed by atoms with Crippen LogP contribution in [-0.4, -0.2) is 42.2 Å². The fourth-order valence-corrected chi connectivity index (χ4v) is 6.29. The number of ether oxygens (including phenoxy) is 1. The lowest BCUT2D eigenvalue weighted by Crippen LogP contribution is -2.35. The molecule has 0 bridgehead atoms. The summed E-state index contributed by atoms with van der Waals surface area (Å²) < 4.78 is 33.1. The van der Waals surface area contributed by atoms with Crippen LogP contribution in [0.25, 0.3) is 11.3 Å². The second-order valence-corrected chi connectivity index (χ2v) is 11.6. The largest absolute Gasteiger partial charge is 0.449 e. The summed E-state index contributed by atoms with van der Waals surface area (Å²) in [7, 11) is -3.73. The Morgan fingerprint density at radius 3 is 2.39 bits per heavy atom. The molecule has 1 aliphatic rings. The topological polar surface area (TPSA) is 106 Å². The molecule has 0 saturated carbocycles. The van der Waals surface area contributed by atoms with E-state index in [2.05, 4.69) is 10.3 Å². The highest BCUT2D eigenvalue weighted by atomic mass is 32.2. The van der Waals surface area contributed by atoms with Crippen LogP contribution in [0.2, 0.25) is 0 Å². The fraction of sp³-hybridized carbons (Fsp3) is 0.179. The maximum atomic E-state index is 13.2. The lowest BCUT2D eigenvalue weighted by Gasteiger charge is -2.28. The molecule has 5 rings (SSSR count). The van der Waals surface area contributed by atoms with Crippen LogP contribution in [0.5, 0.6) is 0 Å². The molecule has 0 aliphatic carbocycles. The Balaban J connectivity index is 1.19. The van der Waals surface area contributed by atoms with Gasteiger partial charge in [-0.05, 0) is 48.7 Å². The number of rotatable bonds is 7. The van der Waals surface area contributed by atoms with Crippen LogP contribution in [0.4, 0.5) is 5.13 Å². The molecule has 0 fully saturated rings. The molecule has 1 N–H and O–H groups in total. The number of nitrogens with zero attached hydrogens (tertiary/aromatic N) is 2. The van der Waals surface area contributed by atoms with Gasteiger partial charge in [-0.1, -0.05) is 54.6 Å². The van der Waals surface area contributed by atoms with Crippen LogP contribution in [0.3, 0.4) is 0 Å². The Morgan fingerprint density at radius 2 is 1.66 bits per heavy atom. The first-order chi connectivity index (χ1) is 18.3. The summed E-state index contributed by atoms with van der Waals surface area (Å²) in [4.78, 5) is 29.7. The molecule has 1 aliphatic heterocycles. The fourth-order valence-electron chi connectivity index (χ4n) is 4.15. The molecule has 0 spiro atoms. The van der Waals surface area contributed by atoms with Crippen molar-refractivity contribution in [1.82, 2.24) is 9.29 Å². The third-order valence-electron chi connectivity index (χ3n) is 6.28. The zero-order valence-corrected chi connectivity index (χ0v) is 22.2. The van der Waals surface area contributed by atoms with Gasteiger partial charge < -0.3 is 4.74 Å². The van der Waals surface area contributed by atoms with Crippen molar-refractivity contribution in [2.24, 2.45) is 0 Å². The molecule has 0 radical (unpaired) electrons. The molecule has 38 heavy (non-hydrogen) atoms. The zero-order chi connectivity index (χ0) is 26.7. The predicted octanol–water partition coefficient (Wildman–Crippen LogP) is 4.74. The predicted molar refractivity (Wildman–Crippen MR) is 145 cm³/mol. The number of hydrogen-bond donors (Lipinski definition) is 1. The van der Waals surface area contributed by atoms with Gasteiger partial charge in [0, 0.05) is 24.0 Å². The van der Waals surface area contributed by atoms with E-state index in [1.807, 2.05) is 60.0 Å². The van der Waals surface area contributed by atoms with Crippen LogP contribution in [-0.2, 0) is 32.5 Å². The average molecular weight is 548 g/mol. The number of nitrogens with one attached hydrogen (secondary N) is 1. The van der Waals surface area contributed by atoms with Crippen LogP contribution in [0.1, 0.15) is 28.4 Å². The molecule has 0 saturated heterocycles. The third-order valence-corrected chi connectivity index (χ3v) is 8.90. The Bertz CT molecular complexity index is 1570. The van der Waals surface area contributed by atoms with Crippen molar-refractivity contribution in [1.29, 1.82) is 0 Å². The van der Waals surface area contributed by atoms with Gasteiger partial charge in [-0.25, -0.2) is 18.2 Å². The number of esters is 1. The number of anilines is 1. The first-order valence-electron chi connectivity index (χ1n) is 12.0. The van der Waals surface area contributed by atoms with Gasteiger partial charge in [0.25, 0.3) is 5.91 Å². The van der Waals surface area contributed by atoms with E-state index in [0.717, 1.165) is 22.4 Å². The molecular formula is C28H25N3O5S2. The van der Waals surface area contributed by atoms with Gasteiger partial charge in [-0.15, -0.1) is 11.3 Å². The molecule has 8 nitrogen and oxygen atoms in total. The van der Waals surface area contributed by atoms with Gasteiger partial charge in [0.2, 0.25) is 10.0 Å². The maximum absolute atomic E-state index is 13.2. The second kappa shape index (κ2) is 10.9. The van der Waals surface area contributed by atoms with E-state index in [4.69, 9.17) is 4.74 Å². The number of aromatic nitrogens is 1. The van der Waals surface area contributed by atoms with Gasteiger partial charge >= 0.3 is 5.97 Å². The minimum Gasteiger partial charge on any atom is -0.449 e. The highest BCUT2D eigenvalue weighted by Crippen LogP contribution is 2.26. The molecule has 1 unspecified atom stereocenters. The van der Waals surface area contributed by atoms with E-state index in [0.29, 0.717) is 24.6 Å². The number of thiazole rings is 1. The van der Waals surface area contributed by atoms with Crippen molar-refractivity contribution < 1.29 is 22.7 Å². The number of hydrogen-bond acceptors (Lipinski definition) is 7. The van der Waals surface area contributed by atoms with E-state index in [1.165, 1.54) is 46.8 Å². The summed E-state index contributed by atoms with van der Waals surface area (Å²) >= 11 is 1.27. The van der Waals surface area contributed by atoms with E-state index in [-0.39, 0.29) is 10.5 Å². The lowest BCUT2D eigenvalue weighted by atomic mass is 10.0. The zero-order valence-electron chi connectivity index (χ0n) is 20.5. The van der Waals surface area contributed by atoms with E-state index in [9.17, 15) is 18.0 Å². The lowest BCUT2D eigenvalue weighted by molar-refractivity contribution is -0.123. The van der Waals surface area contributed by atoms with Crippen molar-refractivity contribution in [3.05, 3.63) is 101 Å². The number of fused-ring (bicyclic) bond motifs is 1. The quantitative estimate of drug-likeness (QED) is 0.335. The Morgan fingerprint density at radius 1 is 0.974 bits per heavy atom. The summed E-state index contributed by atoms with van der Waals surface area (Å²) in [6.45, 7) is 2.16. The molecule has 3 aromatic carbocycles. The smallest absolute Gasteiger partial charge is 0.338 e. The number of amides is 1. The Hall–Kier alpha value is -3.86. The summed E-state index contributed by atoms with van der Waals surface area (Å²) in [6, 6.07) is 22.9. The van der Waals surface area contributed by atoms with E-state index < -0.39 is 28.0 Å². The monoisotopic (exact) mass is 547 g/mol. The summed E-state index contributed by atoms with van der Waals surface area (Å²) in [5.74, 6) is -1.25. The Kier molecular flexibility index (Phi) is 7.37. The van der Waals surface area contributed by atoms with Gasteiger partial charge in [0.1, 0.15) is 0 Å². The minimum atomic E-state index is -3.73. The number of sulfonamides is 1. The van der Waals surface area contributed by atoms with E-state index >= 15 is 0 Å². The maximum Gasteiger partial charge on any atom is 0.338 e. The van der Waals surface area contributed by atoms with Crippen LogP contribution in [0.15, 0.2) is 89.1 Å². The first kappa shape index (κ1) is 25.8. The van der Waals surface area contributed by atoms with Crippen LogP contribution in [0, 0.1) is 0 Å². The van der Waals surface area contributed by atoms with Gasteiger partial charge in [-0.2, -0.15) is 4.31 Å². The summed E-state index contributed by atoms with van der Waals surface area (Å²) in [6.07, 6.45) is -0.433.